The largest absolute Gasteiger partial charge is 0.477 e. The van der Waals surface area contributed by atoms with E-state index in [4.69, 9.17) is 15.0 Å². The number of carboxylic acids is 1. The fourth-order valence-corrected chi connectivity index (χ4v) is 5.98. The molecule has 2 N–H and O–H groups in total. The molecule has 2 saturated heterocycles. The number of fused-ring (bicyclic) bond motifs is 1. The van der Waals surface area contributed by atoms with Crippen molar-refractivity contribution in [2.45, 2.75) is 50.6 Å². The van der Waals surface area contributed by atoms with Crippen molar-refractivity contribution in [1.29, 1.82) is 0 Å². The van der Waals surface area contributed by atoms with Crippen molar-refractivity contribution in [2.75, 3.05) is 44.2 Å². The van der Waals surface area contributed by atoms with Crippen molar-refractivity contribution in [1.82, 2.24) is 19.0 Å². The maximum atomic E-state index is 15.3. The lowest BCUT2D eigenvalue weighted by Crippen LogP contribution is -2.48. The van der Waals surface area contributed by atoms with Crippen molar-refractivity contribution < 1.29 is 28.6 Å². The van der Waals surface area contributed by atoms with Crippen molar-refractivity contribution in [2.24, 2.45) is 5.11 Å². The first kappa shape index (κ1) is 31.0. The number of nitrogens with zero attached hydrogens (tertiary/aromatic N) is 7. The van der Waals surface area contributed by atoms with E-state index in [0.717, 1.165) is 18.9 Å². The maximum Gasteiger partial charge on any atom is 0.341 e. The summed E-state index contributed by atoms with van der Waals surface area (Å²) >= 11 is 0. The number of piperazine rings is 1. The van der Waals surface area contributed by atoms with Gasteiger partial charge in [-0.1, -0.05) is 5.11 Å². The van der Waals surface area contributed by atoms with Gasteiger partial charge in [0, 0.05) is 66.9 Å². The molecule has 1 aromatic carbocycles. The van der Waals surface area contributed by atoms with Crippen LogP contribution in [0.4, 0.5) is 10.1 Å². The predicted octanol–water partition coefficient (Wildman–Crippen LogP) is 1.66. The van der Waals surface area contributed by atoms with Crippen LogP contribution in [0.3, 0.4) is 0 Å². The fourth-order valence-electron chi connectivity index (χ4n) is 5.98. The maximum absolute atomic E-state index is 15.3. The number of aryl methyl sites for hydroxylation is 1. The third kappa shape index (κ3) is 6.11. The minimum Gasteiger partial charge on any atom is -0.477 e. The summed E-state index contributed by atoms with van der Waals surface area (Å²) < 4.78 is 29.6. The summed E-state index contributed by atoms with van der Waals surface area (Å²) in [6.45, 7) is 2.87. The summed E-state index contributed by atoms with van der Waals surface area (Å²) in [6.07, 6.45) is 2.88. The Morgan fingerprint density at radius 2 is 1.89 bits per heavy atom. The van der Waals surface area contributed by atoms with E-state index >= 15 is 4.39 Å². The number of hydrogen-bond donors (Lipinski definition) is 2. The third-order valence-electron chi connectivity index (χ3n) is 8.61. The van der Waals surface area contributed by atoms with Gasteiger partial charge in [0.05, 0.1) is 23.8 Å². The lowest BCUT2D eigenvalue weighted by atomic mass is 10.1. The summed E-state index contributed by atoms with van der Waals surface area (Å²) in [5.74, 6) is -2.53. The molecule has 3 aromatic rings. The summed E-state index contributed by atoms with van der Waals surface area (Å²) in [6, 6.07) is 2.04. The van der Waals surface area contributed by atoms with Crippen molar-refractivity contribution >= 4 is 28.5 Å². The van der Waals surface area contributed by atoms with Gasteiger partial charge < -0.3 is 24.0 Å². The number of ether oxygens (including phenoxy) is 2. The van der Waals surface area contributed by atoms with Gasteiger partial charge in [0.25, 0.3) is 5.56 Å². The molecule has 3 unspecified atom stereocenters. The van der Waals surface area contributed by atoms with Crippen LogP contribution in [0, 0.1) is 12.7 Å². The number of esters is 1. The van der Waals surface area contributed by atoms with Crippen LogP contribution in [-0.4, -0.2) is 87.5 Å². The zero-order valence-electron chi connectivity index (χ0n) is 24.8. The van der Waals surface area contributed by atoms with Gasteiger partial charge in [0.1, 0.15) is 30.3 Å². The van der Waals surface area contributed by atoms with Crippen LogP contribution in [0.25, 0.3) is 21.3 Å². The van der Waals surface area contributed by atoms with Crippen LogP contribution in [-0.2, 0) is 14.3 Å². The van der Waals surface area contributed by atoms with Crippen LogP contribution < -0.4 is 21.6 Å². The molecule has 1 aliphatic carbocycles. The molecule has 3 aliphatic rings. The van der Waals surface area contributed by atoms with Crippen molar-refractivity contribution in [3.63, 3.8) is 0 Å². The first-order valence-corrected chi connectivity index (χ1v) is 14.8. The van der Waals surface area contributed by atoms with Gasteiger partial charge in [-0.15, -0.1) is 0 Å². The molecule has 6 rings (SSSR count). The molecule has 2 aliphatic heterocycles. The summed E-state index contributed by atoms with van der Waals surface area (Å²) in [7, 11) is 0. The van der Waals surface area contributed by atoms with E-state index in [1.165, 1.54) is 23.9 Å². The fraction of sp³-hybridized carbons (Fsp3) is 0.483. The number of H-pyrrole nitrogens is 1. The molecule has 0 radical (unpaired) electrons. The molecule has 2 aromatic heterocycles. The Balaban J connectivity index is 1.07. The molecular weight excluding hydrogens is 607 g/mol. The zero-order chi connectivity index (χ0) is 32.7. The van der Waals surface area contributed by atoms with Gasteiger partial charge in [-0.25, -0.2) is 14.0 Å². The average Bonchev–Trinajstić information content (AvgIpc) is 3.79. The van der Waals surface area contributed by atoms with Gasteiger partial charge in [0.15, 0.2) is 0 Å². The quantitative estimate of drug-likeness (QED) is 0.150. The van der Waals surface area contributed by atoms with Crippen LogP contribution in [0.5, 0.6) is 0 Å². The first-order chi connectivity index (χ1) is 22.0. The Morgan fingerprint density at radius 3 is 2.57 bits per heavy atom. The molecule has 17 heteroatoms. The third-order valence-corrected chi connectivity index (χ3v) is 8.61. The Bertz CT molecular complexity index is 1940. The molecule has 0 amide bonds. The van der Waals surface area contributed by atoms with E-state index < -0.39 is 52.8 Å². The van der Waals surface area contributed by atoms with Gasteiger partial charge in [0.2, 0.25) is 5.43 Å². The number of aromatic nitrogens is 3. The lowest BCUT2D eigenvalue weighted by molar-refractivity contribution is -0.150. The second-order valence-electron chi connectivity index (χ2n) is 11.7. The Hall–Kier alpha value is -4.99. The van der Waals surface area contributed by atoms with E-state index in [2.05, 4.69) is 15.0 Å². The summed E-state index contributed by atoms with van der Waals surface area (Å²) in [4.78, 5) is 69.8. The average molecular weight is 639 g/mol. The van der Waals surface area contributed by atoms with E-state index in [1.807, 2.05) is 9.80 Å². The Morgan fingerprint density at radius 1 is 1.15 bits per heavy atom. The highest BCUT2D eigenvalue weighted by atomic mass is 19.1. The predicted molar refractivity (Wildman–Crippen MR) is 161 cm³/mol. The minimum atomic E-state index is -1.35. The molecule has 0 bridgehead atoms. The second kappa shape index (κ2) is 12.4. The van der Waals surface area contributed by atoms with Crippen LogP contribution in [0.2, 0.25) is 0 Å². The number of rotatable bonds is 9. The molecule has 46 heavy (non-hydrogen) atoms. The number of nitrogens with one attached hydrogen (secondary N) is 1. The number of benzene rings is 1. The molecule has 3 atom stereocenters. The van der Waals surface area contributed by atoms with Gasteiger partial charge in [-0.3, -0.25) is 28.8 Å². The Kier molecular flexibility index (Phi) is 8.37. The van der Waals surface area contributed by atoms with Gasteiger partial charge in [-0.05, 0) is 37.4 Å². The number of hydrogen-bond acceptors (Lipinski definition) is 10. The number of azide groups is 1. The van der Waals surface area contributed by atoms with Gasteiger partial charge in [-0.2, -0.15) is 0 Å². The van der Waals surface area contributed by atoms with Crippen LogP contribution >= 0.6 is 0 Å². The van der Waals surface area contributed by atoms with Crippen LogP contribution in [0.1, 0.15) is 47.5 Å². The standard InChI is InChI=1S/C29H31FN8O8/c1-15-11-38(29(44)32-27(15)41)24-9-20(33-34-31)23(46-24)14-45-25(39)13-35-4-6-36(7-5-35)22-10-21-17(8-19(22)30)26(40)18(28(42)43)12-37(21)16-2-3-16/h8,10-12,16,20,23-24H,2-7,9,13-14H2,1H3,(H,42,43)(H,32,41,44). The number of carbonyl (C=O) groups excluding carboxylic acids is 1. The molecular formula is C29H31FN8O8. The smallest absolute Gasteiger partial charge is 0.341 e. The number of carboxylic acid groups (broad SMARTS) is 1. The monoisotopic (exact) mass is 638 g/mol. The van der Waals surface area contributed by atoms with E-state index in [9.17, 15) is 29.1 Å². The molecule has 1 saturated carbocycles. The number of carbonyl (C=O) groups is 2. The Labute approximate surface area is 259 Å². The topological polar surface area (TPSA) is 205 Å². The number of anilines is 1. The van der Waals surface area contributed by atoms with E-state index in [-0.39, 0.29) is 36.6 Å². The SMILES string of the molecule is Cc1cn(C2CC(N=[N+]=[N-])C(COC(=O)CN3CCN(c4cc5c(cc4F)c(=O)c(C(=O)O)cn5C4CC4)CC3)O2)c(=O)[nH]c1=O. The van der Waals surface area contributed by atoms with E-state index in [1.54, 1.807) is 10.6 Å². The zero-order valence-corrected chi connectivity index (χ0v) is 24.8. The lowest BCUT2D eigenvalue weighted by Gasteiger charge is -2.36. The highest BCUT2D eigenvalue weighted by Crippen LogP contribution is 2.38. The normalized spacial score (nSPS) is 21.7. The minimum absolute atomic E-state index is 0.0237. The van der Waals surface area contributed by atoms with Crippen LogP contribution in [0.15, 0.2) is 44.0 Å². The number of halogens is 1. The number of pyridine rings is 1. The molecule has 242 valence electrons. The van der Waals surface area contributed by atoms with Crippen molar-refractivity contribution in [3.8, 4) is 0 Å². The highest BCUT2D eigenvalue weighted by molar-refractivity contribution is 5.93. The number of aromatic amines is 1. The first-order valence-electron chi connectivity index (χ1n) is 14.8. The van der Waals surface area contributed by atoms with Gasteiger partial charge >= 0.3 is 17.6 Å². The van der Waals surface area contributed by atoms with Crippen molar-refractivity contribution in [3.05, 3.63) is 83.0 Å². The summed E-state index contributed by atoms with van der Waals surface area (Å²) in [5, 5.41) is 13.2. The molecule has 0 spiro atoms. The molecule has 16 nitrogen and oxygen atoms in total. The molecule has 3 fully saturated rings. The van der Waals surface area contributed by atoms with E-state index in [0.29, 0.717) is 42.9 Å². The molecule has 4 heterocycles. The second-order valence-corrected chi connectivity index (χ2v) is 11.7. The summed E-state index contributed by atoms with van der Waals surface area (Å²) in [5.41, 5.74) is 7.76. The number of aromatic carboxylic acids is 1. The highest BCUT2D eigenvalue weighted by Gasteiger charge is 2.37.